The number of hydrogen-bond donors (Lipinski definition) is 1. The van der Waals surface area contributed by atoms with E-state index in [1.807, 2.05) is 12.1 Å². The number of alkyl halides is 2. The molecule has 1 fully saturated rings. The van der Waals surface area contributed by atoms with E-state index in [9.17, 15) is 13.6 Å². The highest BCUT2D eigenvalue weighted by atomic mass is 19.3. The van der Waals surface area contributed by atoms with Crippen LogP contribution in [-0.2, 0) is 4.74 Å². The normalized spacial score (nSPS) is 13.7. The lowest BCUT2D eigenvalue weighted by molar-refractivity contribution is -0.0498. The molecule has 178 valence electrons. The molecule has 0 bridgehead atoms. The van der Waals surface area contributed by atoms with Crippen molar-refractivity contribution < 1.29 is 23.0 Å². The highest BCUT2D eigenvalue weighted by Crippen LogP contribution is 2.29. The first kappa shape index (κ1) is 22.6. The number of hydrogen-bond acceptors (Lipinski definition) is 7. The van der Waals surface area contributed by atoms with Crippen molar-refractivity contribution in [1.82, 2.24) is 15.0 Å². The van der Waals surface area contributed by atoms with Crippen LogP contribution in [0.1, 0.15) is 10.5 Å². The van der Waals surface area contributed by atoms with Crippen molar-refractivity contribution in [3.05, 3.63) is 72.7 Å². The maximum Gasteiger partial charge on any atom is 0.387 e. The zero-order chi connectivity index (χ0) is 24.2. The summed E-state index contributed by atoms with van der Waals surface area (Å²) in [5, 5.41) is 3.50. The molecule has 0 unspecified atom stereocenters. The second-order valence-electron chi connectivity index (χ2n) is 7.80. The fraction of sp³-hybridized carbons (Fsp3) is 0.200. The summed E-state index contributed by atoms with van der Waals surface area (Å²) >= 11 is 0. The van der Waals surface area contributed by atoms with Crippen molar-refractivity contribution in [2.75, 3.05) is 36.5 Å². The Morgan fingerprint density at radius 3 is 2.69 bits per heavy atom. The Labute approximate surface area is 199 Å². The summed E-state index contributed by atoms with van der Waals surface area (Å²) in [4.78, 5) is 28.4. The van der Waals surface area contributed by atoms with Gasteiger partial charge in [-0.1, -0.05) is 18.2 Å². The second kappa shape index (κ2) is 9.98. The van der Waals surface area contributed by atoms with Gasteiger partial charge < -0.3 is 19.7 Å². The van der Waals surface area contributed by atoms with Gasteiger partial charge in [0.2, 0.25) is 0 Å². The van der Waals surface area contributed by atoms with Crippen molar-refractivity contribution in [2.45, 2.75) is 6.61 Å². The van der Waals surface area contributed by atoms with Gasteiger partial charge in [0.15, 0.2) is 0 Å². The van der Waals surface area contributed by atoms with Gasteiger partial charge in [-0.3, -0.25) is 9.78 Å². The number of nitrogens with zero attached hydrogens (tertiary/aromatic N) is 4. The summed E-state index contributed by atoms with van der Waals surface area (Å²) in [5.41, 5.74) is 1.87. The van der Waals surface area contributed by atoms with Crippen LogP contribution in [0.3, 0.4) is 0 Å². The first-order chi connectivity index (χ1) is 17.1. The molecule has 10 heteroatoms. The molecule has 1 saturated heterocycles. The smallest absolute Gasteiger partial charge is 0.387 e. The molecule has 1 aliphatic rings. The quantitative estimate of drug-likeness (QED) is 0.441. The molecule has 35 heavy (non-hydrogen) atoms. The lowest BCUT2D eigenvalue weighted by atomic mass is 10.0. The summed E-state index contributed by atoms with van der Waals surface area (Å²) < 4.78 is 35.2. The van der Waals surface area contributed by atoms with E-state index in [4.69, 9.17) is 4.74 Å². The molecule has 4 aromatic rings. The van der Waals surface area contributed by atoms with Crippen LogP contribution in [0.25, 0.3) is 22.0 Å². The van der Waals surface area contributed by atoms with Crippen molar-refractivity contribution in [2.24, 2.45) is 0 Å². The Morgan fingerprint density at radius 1 is 1.03 bits per heavy atom. The lowest BCUT2D eigenvalue weighted by Gasteiger charge is -2.27. The van der Waals surface area contributed by atoms with Crippen LogP contribution in [0.15, 0.2) is 67.0 Å². The molecular formula is C25H21F2N5O3. The van der Waals surface area contributed by atoms with Crippen LogP contribution < -0.4 is 15.0 Å². The molecule has 1 N–H and O–H groups in total. The Morgan fingerprint density at radius 2 is 1.86 bits per heavy atom. The third kappa shape index (κ3) is 5.17. The SMILES string of the molecule is O=C(Nc1cccc(N2CCOCC2)n1)c1ccc2cncc(-c3cccc(OC(F)F)c3)c2n1. The number of ether oxygens (including phenoxy) is 2. The van der Waals surface area contributed by atoms with E-state index in [1.165, 1.54) is 12.1 Å². The molecule has 0 saturated carbocycles. The average Bonchev–Trinajstić information content (AvgIpc) is 2.88. The molecule has 8 nitrogen and oxygen atoms in total. The van der Waals surface area contributed by atoms with E-state index >= 15 is 0 Å². The third-order valence-electron chi connectivity index (χ3n) is 5.51. The highest BCUT2D eigenvalue weighted by Gasteiger charge is 2.16. The Balaban J connectivity index is 1.42. The van der Waals surface area contributed by atoms with E-state index < -0.39 is 12.5 Å². The fourth-order valence-electron chi connectivity index (χ4n) is 3.86. The lowest BCUT2D eigenvalue weighted by Crippen LogP contribution is -2.36. The largest absolute Gasteiger partial charge is 0.435 e. The van der Waals surface area contributed by atoms with E-state index in [1.54, 1.807) is 42.7 Å². The van der Waals surface area contributed by atoms with Crippen LogP contribution in [-0.4, -0.2) is 53.8 Å². The zero-order valence-electron chi connectivity index (χ0n) is 18.5. The van der Waals surface area contributed by atoms with Crippen LogP contribution >= 0.6 is 0 Å². The average molecular weight is 477 g/mol. The first-order valence-electron chi connectivity index (χ1n) is 11.0. The number of pyridine rings is 3. The van der Waals surface area contributed by atoms with Gasteiger partial charge in [-0.25, -0.2) is 9.97 Å². The summed E-state index contributed by atoms with van der Waals surface area (Å²) in [5.74, 6) is 0.773. The Kier molecular flexibility index (Phi) is 6.44. The summed E-state index contributed by atoms with van der Waals surface area (Å²) in [6.07, 6.45) is 3.20. The number of aromatic nitrogens is 3. The standard InChI is InChI=1S/C25H21F2N5O3/c26-25(27)35-18-4-1-3-16(13-18)19-15-28-14-17-7-8-20(29-23(17)19)24(33)31-21-5-2-6-22(30-21)32-9-11-34-12-10-32/h1-8,13-15,25H,9-12H2,(H,30,31,33). The number of benzene rings is 1. The molecule has 0 aliphatic carbocycles. The van der Waals surface area contributed by atoms with Crippen molar-refractivity contribution in [3.63, 3.8) is 0 Å². The highest BCUT2D eigenvalue weighted by molar-refractivity contribution is 6.04. The number of anilines is 2. The molecule has 1 amide bonds. The number of nitrogens with one attached hydrogen (secondary N) is 1. The van der Waals surface area contributed by atoms with Crippen LogP contribution in [0, 0.1) is 0 Å². The summed E-state index contributed by atoms with van der Waals surface area (Å²) in [7, 11) is 0. The molecule has 0 atom stereocenters. The fourth-order valence-corrected chi connectivity index (χ4v) is 3.86. The minimum absolute atomic E-state index is 0.0228. The van der Waals surface area contributed by atoms with Crippen LogP contribution in [0.4, 0.5) is 20.4 Å². The first-order valence-corrected chi connectivity index (χ1v) is 11.0. The van der Waals surface area contributed by atoms with E-state index in [0.717, 1.165) is 18.9 Å². The van der Waals surface area contributed by atoms with E-state index in [0.29, 0.717) is 41.1 Å². The molecule has 3 aromatic heterocycles. The predicted octanol–water partition coefficient (Wildman–Crippen LogP) is 4.38. The van der Waals surface area contributed by atoms with Gasteiger partial charge in [0.1, 0.15) is 23.1 Å². The van der Waals surface area contributed by atoms with Crippen LogP contribution in [0.2, 0.25) is 0 Å². The summed E-state index contributed by atoms with van der Waals surface area (Å²) in [6.45, 7) is -0.199. The van der Waals surface area contributed by atoms with E-state index in [-0.39, 0.29) is 11.4 Å². The number of halogens is 2. The van der Waals surface area contributed by atoms with Crippen molar-refractivity contribution in [3.8, 4) is 16.9 Å². The topological polar surface area (TPSA) is 89.5 Å². The number of amides is 1. The molecule has 1 aliphatic heterocycles. The Bertz CT molecular complexity index is 1360. The number of carbonyl (C=O) groups excluding carboxylic acids is 1. The molecule has 4 heterocycles. The van der Waals surface area contributed by atoms with Gasteiger partial charge in [-0.05, 0) is 42.0 Å². The van der Waals surface area contributed by atoms with Gasteiger partial charge in [0, 0.05) is 36.4 Å². The molecular weight excluding hydrogens is 456 g/mol. The molecule has 5 rings (SSSR count). The number of fused-ring (bicyclic) bond motifs is 1. The molecule has 0 radical (unpaired) electrons. The number of morpholine rings is 1. The zero-order valence-corrected chi connectivity index (χ0v) is 18.5. The predicted molar refractivity (Wildman–Crippen MR) is 127 cm³/mol. The van der Waals surface area contributed by atoms with Gasteiger partial charge in [-0.2, -0.15) is 8.78 Å². The van der Waals surface area contributed by atoms with E-state index in [2.05, 4.69) is 29.9 Å². The number of rotatable bonds is 6. The van der Waals surface area contributed by atoms with Gasteiger partial charge >= 0.3 is 6.61 Å². The molecule has 0 spiro atoms. The van der Waals surface area contributed by atoms with Crippen LogP contribution in [0.5, 0.6) is 5.75 Å². The monoisotopic (exact) mass is 477 g/mol. The Hall–Kier alpha value is -4.18. The molecule has 1 aromatic carbocycles. The minimum Gasteiger partial charge on any atom is -0.435 e. The minimum atomic E-state index is -2.93. The van der Waals surface area contributed by atoms with Gasteiger partial charge in [0.25, 0.3) is 5.91 Å². The van der Waals surface area contributed by atoms with Gasteiger partial charge in [-0.15, -0.1) is 0 Å². The van der Waals surface area contributed by atoms with Crippen molar-refractivity contribution >= 4 is 28.4 Å². The summed E-state index contributed by atoms with van der Waals surface area (Å²) in [6, 6.07) is 15.1. The third-order valence-corrected chi connectivity index (χ3v) is 5.51. The van der Waals surface area contributed by atoms with Gasteiger partial charge in [0.05, 0.1) is 18.7 Å². The second-order valence-corrected chi connectivity index (χ2v) is 7.80. The maximum atomic E-state index is 13.0. The van der Waals surface area contributed by atoms with Crippen molar-refractivity contribution in [1.29, 1.82) is 0 Å². The number of carbonyl (C=O) groups is 1. The maximum absolute atomic E-state index is 13.0.